The first-order valence-electron chi connectivity index (χ1n) is 18.4. The second kappa shape index (κ2) is 25.8. The summed E-state index contributed by atoms with van der Waals surface area (Å²) in [5.74, 6) is 0. The maximum atomic E-state index is 13.1. The Hall–Kier alpha value is -2.35. The number of hydrogen-bond acceptors (Lipinski definition) is 5. The van der Waals surface area contributed by atoms with Crippen molar-refractivity contribution < 1.29 is 28.4 Å². The van der Waals surface area contributed by atoms with Crippen LogP contribution in [0.15, 0.2) is 24.4 Å². The fourth-order valence-electron chi connectivity index (χ4n) is 6.18. The molecule has 0 radical (unpaired) electrons. The monoisotopic (exact) mass is 632 g/mol. The van der Waals surface area contributed by atoms with Crippen LogP contribution in [0.2, 0.25) is 0 Å². The molecule has 8 nitrogen and oxygen atoms in total. The molecule has 1 heterocycles. The normalized spacial score (nSPS) is 13.5. The molecule has 0 spiro atoms. The number of hydrogen-bond donors (Lipinski definition) is 0. The van der Waals surface area contributed by atoms with E-state index >= 15 is 0 Å². The number of aromatic nitrogens is 1. The SMILES string of the molecule is CCCCCCCCCCCCCCCCN(Cc1cccc[n+]1CC)C(=O)OCCOCCOC(=O)N(C)C1CCCCC1. The van der Waals surface area contributed by atoms with Crippen LogP contribution in [0.4, 0.5) is 9.59 Å². The molecule has 0 aliphatic heterocycles. The average molecular weight is 633 g/mol. The molecule has 1 aliphatic carbocycles. The van der Waals surface area contributed by atoms with Gasteiger partial charge in [-0.3, -0.25) is 4.90 Å². The van der Waals surface area contributed by atoms with Crippen LogP contribution < -0.4 is 4.57 Å². The van der Waals surface area contributed by atoms with Crippen molar-refractivity contribution in [2.24, 2.45) is 0 Å². The van der Waals surface area contributed by atoms with Gasteiger partial charge in [0.15, 0.2) is 6.20 Å². The molecule has 0 bridgehead atoms. The Morgan fingerprint density at radius 2 is 1.29 bits per heavy atom. The van der Waals surface area contributed by atoms with Crippen molar-refractivity contribution in [2.75, 3.05) is 40.0 Å². The summed E-state index contributed by atoms with van der Waals surface area (Å²) >= 11 is 0. The van der Waals surface area contributed by atoms with Gasteiger partial charge in [0.1, 0.15) is 26.3 Å². The number of carbonyl (C=O) groups excluding carboxylic acids is 2. The minimum atomic E-state index is -0.305. The van der Waals surface area contributed by atoms with E-state index in [4.69, 9.17) is 14.2 Å². The third-order valence-corrected chi connectivity index (χ3v) is 9.08. The lowest BCUT2D eigenvalue weighted by atomic mass is 9.95. The quantitative estimate of drug-likeness (QED) is 0.0796. The number of unbranched alkanes of at least 4 members (excludes halogenated alkanes) is 13. The number of pyridine rings is 1. The number of ether oxygens (including phenoxy) is 3. The maximum absolute atomic E-state index is 13.1. The highest BCUT2D eigenvalue weighted by Gasteiger charge is 2.23. The summed E-state index contributed by atoms with van der Waals surface area (Å²) in [6, 6.07) is 6.39. The van der Waals surface area contributed by atoms with Crippen molar-refractivity contribution in [3.05, 3.63) is 30.1 Å². The lowest BCUT2D eigenvalue weighted by Gasteiger charge is -2.30. The number of carbonyl (C=O) groups is 2. The van der Waals surface area contributed by atoms with Crippen LogP contribution in [-0.4, -0.2) is 68.0 Å². The second-order valence-electron chi connectivity index (χ2n) is 12.7. The Morgan fingerprint density at radius 1 is 0.733 bits per heavy atom. The first kappa shape index (κ1) is 38.8. The van der Waals surface area contributed by atoms with Crippen molar-refractivity contribution in [1.29, 1.82) is 0 Å². The van der Waals surface area contributed by atoms with Crippen molar-refractivity contribution in [3.8, 4) is 0 Å². The molecule has 0 saturated heterocycles. The molecular weight excluding hydrogens is 566 g/mol. The Labute approximate surface area is 275 Å². The van der Waals surface area contributed by atoms with Gasteiger partial charge in [0.25, 0.3) is 0 Å². The van der Waals surface area contributed by atoms with Crippen LogP contribution in [0.25, 0.3) is 0 Å². The maximum Gasteiger partial charge on any atom is 0.410 e. The highest BCUT2D eigenvalue weighted by atomic mass is 16.6. The molecule has 8 heteroatoms. The van der Waals surface area contributed by atoms with Crippen LogP contribution in [0.1, 0.15) is 142 Å². The van der Waals surface area contributed by atoms with Crippen molar-refractivity contribution >= 4 is 12.2 Å². The molecular formula is C37H66N3O5+. The Bertz CT molecular complexity index is 893. The third-order valence-electron chi connectivity index (χ3n) is 9.08. The van der Waals surface area contributed by atoms with Gasteiger partial charge >= 0.3 is 12.2 Å². The smallest absolute Gasteiger partial charge is 0.410 e. The van der Waals surface area contributed by atoms with Crippen LogP contribution in [0.5, 0.6) is 0 Å². The molecule has 1 aromatic heterocycles. The average Bonchev–Trinajstić information content (AvgIpc) is 3.07. The lowest BCUT2D eigenvalue weighted by molar-refractivity contribution is -0.701. The minimum Gasteiger partial charge on any atom is -0.447 e. The van der Waals surface area contributed by atoms with Gasteiger partial charge in [-0.15, -0.1) is 0 Å². The Morgan fingerprint density at radius 3 is 1.87 bits per heavy atom. The Kier molecular flexibility index (Phi) is 22.3. The molecule has 2 amide bonds. The number of rotatable bonds is 25. The molecule has 45 heavy (non-hydrogen) atoms. The van der Waals surface area contributed by atoms with E-state index in [1.807, 2.05) is 24.1 Å². The molecule has 0 atom stereocenters. The van der Waals surface area contributed by atoms with Gasteiger partial charge in [-0.05, 0) is 26.2 Å². The molecule has 1 aromatic rings. The second-order valence-corrected chi connectivity index (χ2v) is 12.7. The van der Waals surface area contributed by atoms with Crippen molar-refractivity contribution in [3.63, 3.8) is 0 Å². The fourth-order valence-corrected chi connectivity index (χ4v) is 6.18. The van der Waals surface area contributed by atoms with Gasteiger partial charge in [-0.1, -0.05) is 116 Å². The number of amides is 2. The minimum absolute atomic E-state index is 0.173. The predicted molar refractivity (Wildman–Crippen MR) is 181 cm³/mol. The molecule has 0 unspecified atom stereocenters. The predicted octanol–water partition coefficient (Wildman–Crippen LogP) is 8.83. The number of aryl methyl sites for hydroxylation is 1. The van der Waals surface area contributed by atoms with E-state index in [0.29, 0.717) is 13.1 Å². The molecule has 1 fully saturated rings. The summed E-state index contributed by atoms with van der Waals surface area (Å²) in [4.78, 5) is 28.9. The van der Waals surface area contributed by atoms with E-state index in [1.54, 1.807) is 4.90 Å². The first-order chi connectivity index (χ1) is 22.1. The standard InChI is InChI=1S/C37H66N3O5/c1-4-6-7-8-9-10-11-12-13-14-15-16-17-22-28-40(33-35-26-21-23-27-39(35)5-2)37(42)45-32-30-43-29-31-44-36(41)38(3)34-24-19-18-20-25-34/h21,23,26-27,34H,4-20,22,24-25,28-33H2,1-3H3/q+1. The molecule has 1 saturated carbocycles. The topological polar surface area (TPSA) is 72.2 Å². The van der Waals surface area contributed by atoms with Gasteiger partial charge in [0.05, 0.1) is 13.2 Å². The van der Waals surface area contributed by atoms with Crippen LogP contribution in [0.3, 0.4) is 0 Å². The van der Waals surface area contributed by atoms with Gasteiger partial charge in [-0.25, -0.2) is 14.2 Å². The Balaban J connectivity index is 1.61. The largest absolute Gasteiger partial charge is 0.447 e. The van der Waals surface area contributed by atoms with Crippen LogP contribution >= 0.6 is 0 Å². The highest BCUT2D eigenvalue weighted by molar-refractivity contribution is 5.68. The van der Waals surface area contributed by atoms with Crippen molar-refractivity contribution in [1.82, 2.24) is 9.80 Å². The molecule has 258 valence electrons. The lowest BCUT2D eigenvalue weighted by Crippen LogP contribution is -2.42. The van der Waals surface area contributed by atoms with E-state index < -0.39 is 0 Å². The van der Waals surface area contributed by atoms with Gasteiger partial charge in [0.2, 0.25) is 5.69 Å². The summed E-state index contributed by atoms with van der Waals surface area (Å²) in [6.07, 6.45) is 25.5. The molecule has 0 aromatic carbocycles. The van der Waals surface area contributed by atoms with Crippen LogP contribution in [-0.2, 0) is 27.3 Å². The molecule has 0 N–H and O–H groups in total. The van der Waals surface area contributed by atoms with Gasteiger partial charge in [0, 0.05) is 31.8 Å². The van der Waals surface area contributed by atoms with E-state index in [2.05, 4.69) is 30.7 Å². The van der Waals surface area contributed by atoms with E-state index in [0.717, 1.165) is 37.9 Å². The van der Waals surface area contributed by atoms with Gasteiger partial charge < -0.3 is 19.1 Å². The highest BCUT2D eigenvalue weighted by Crippen LogP contribution is 2.22. The number of nitrogens with zero attached hydrogens (tertiary/aromatic N) is 3. The summed E-state index contributed by atoms with van der Waals surface area (Å²) < 4.78 is 18.7. The summed E-state index contributed by atoms with van der Waals surface area (Å²) in [5.41, 5.74) is 1.10. The fraction of sp³-hybridized carbons (Fsp3) is 0.811. The van der Waals surface area contributed by atoms with E-state index in [9.17, 15) is 9.59 Å². The zero-order valence-electron chi connectivity index (χ0n) is 29.2. The van der Waals surface area contributed by atoms with E-state index in [1.165, 1.54) is 96.3 Å². The van der Waals surface area contributed by atoms with Crippen molar-refractivity contribution in [2.45, 2.75) is 155 Å². The summed E-state index contributed by atoms with van der Waals surface area (Å²) in [5, 5.41) is 0. The zero-order chi connectivity index (χ0) is 32.4. The van der Waals surface area contributed by atoms with Crippen LogP contribution in [0, 0.1) is 0 Å². The molecule has 1 aliphatic rings. The first-order valence-corrected chi connectivity index (χ1v) is 18.4. The zero-order valence-corrected chi connectivity index (χ0v) is 29.2. The third kappa shape index (κ3) is 17.8. The summed E-state index contributed by atoms with van der Waals surface area (Å²) in [7, 11) is 1.82. The van der Waals surface area contributed by atoms with E-state index in [-0.39, 0.29) is 44.7 Å². The summed E-state index contributed by atoms with van der Waals surface area (Å²) in [6.45, 7) is 7.37. The molecule has 2 rings (SSSR count). The van der Waals surface area contributed by atoms with Gasteiger partial charge in [-0.2, -0.15) is 0 Å².